The molecule has 29 heavy (non-hydrogen) atoms. The van der Waals surface area contributed by atoms with E-state index >= 15 is 0 Å². The van der Waals surface area contributed by atoms with Gasteiger partial charge in [0.25, 0.3) is 0 Å². The van der Waals surface area contributed by atoms with Crippen LogP contribution in [0.2, 0.25) is 0 Å². The first-order valence-corrected chi connectivity index (χ1v) is 12.1. The molecule has 4 heteroatoms. The largest absolute Gasteiger partial charge is 0.353 e. The van der Waals surface area contributed by atoms with Crippen molar-refractivity contribution < 1.29 is 4.79 Å². The topological polar surface area (TPSA) is 35.6 Å². The van der Waals surface area contributed by atoms with E-state index in [1.54, 1.807) is 0 Å². The first-order valence-electron chi connectivity index (χ1n) is 12.1. The van der Waals surface area contributed by atoms with Gasteiger partial charge in [0.05, 0.1) is 5.92 Å². The molecule has 4 rings (SSSR count). The molecule has 0 unspecified atom stereocenters. The lowest BCUT2D eigenvalue weighted by molar-refractivity contribution is -0.128. The molecular formula is C25H39N3O. The van der Waals surface area contributed by atoms with Crippen molar-refractivity contribution in [1.29, 1.82) is 0 Å². The van der Waals surface area contributed by atoms with Crippen molar-refractivity contribution in [2.45, 2.75) is 76.3 Å². The molecule has 0 bridgehead atoms. The van der Waals surface area contributed by atoms with Gasteiger partial charge in [0, 0.05) is 25.2 Å². The summed E-state index contributed by atoms with van der Waals surface area (Å²) in [5.41, 5.74) is 1.44. The molecule has 3 aliphatic rings. The lowest BCUT2D eigenvalue weighted by atomic mass is 9.91. The van der Waals surface area contributed by atoms with Crippen molar-refractivity contribution in [3.05, 3.63) is 35.9 Å². The van der Waals surface area contributed by atoms with Crippen molar-refractivity contribution in [1.82, 2.24) is 15.1 Å². The van der Waals surface area contributed by atoms with E-state index in [0.717, 1.165) is 19.4 Å². The Kier molecular flexibility index (Phi) is 7.61. The van der Waals surface area contributed by atoms with Gasteiger partial charge in [0.1, 0.15) is 0 Å². The highest BCUT2D eigenvalue weighted by Crippen LogP contribution is 2.25. The summed E-state index contributed by atoms with van der Waals surface area (Å²) in [6, 6.07) is 12.0. The Morgan fingerprint density at radius 1 is 0.897 bits per heavy atom. The second-order valence-corrected chi connectivity index (χ2v) is 9.49. The summed E-state index contributed by atoms with van der Waals surface area (Å²) >= 11 is 0. The number of benzene rings is 1. The molecule has 4 nitrogen and oxygen atoms in total. The van der Waals surface area contributed by atoms with Gasteiger partial charge in [-0.05, 0) is 70.1 Å². The Balaban J connectivity index is 1.19. The fourth-order valence-corrected chi connectivity index (χ4v) is 5.56. The molecule has 2 heterocycles. The maximum Gasteiger partial charge on any atom is 0.224 e. The number of rotatable bonds is 6. The van der Waals surface area contributed by atoms with E-state index in [0.29, 0.717) is 18.0 Å². The average molecular weight is 398 g/mol. The molecule has 1 amide bonds. The molecule has 1 aliphatic carbocycles. The van der Waals surface area contributed by atoms with Crippen LogP contribution in [0.1, 0.15) is 63.4 Å². The first kappa shape index (κ1) is 20.9. The number of likely N-dealkylation sites (tertiary alicyclic amines) is 2. The van der Waals surface area contributed by atoms with E-state index in [1.165, 1.54) is 83.1 Å². The molecule has 3 fully saturated rings. The Hall–Kier alpha value is -1.39. The van der Waals surface area contributed by atoms with Gasteiger partial charge < -0.3 is 10.2 Å². The number of nitrogens with zero attached hydrogens (tertiary/aromatic N) is 2. The summed E-state index contributed by atoms with van der Waals surface area (Å²) in [7, 11) is 0. The van der Waals surface area contributed by atoms with Gasteiger partial charge in [0.2, 0.25) is 5.91 Å². The van der Waals surface area contributed by atoms with E-state index in [4.69, 9.17) is 0 Å². The van der Waals surface area contributed by atoms with E-state index in [1.807, 2.05) is 0 Å². The zero-order valence-corrected chi connectivity index (χ0v) is 18.0. The number of carbonyl (C=O) groups excluding carboxylic acids is 1. The predicted octanol–water partition coefficient (Wildman–Crippen LogP) is 3.85. The van der Waals surface area contributed by atoms with Gasteiger partial charge in [-0.1, -0.05) is 49.6 Å². The third-order valence-corrected chi connectivity index (χ3v) is 7.41. The predicted molar refractivity (Wildman–Crippen MR) is 119 cm³/mol. The molecule has 2 aliphatic heterocycles. The highest BCUT2D eigenvalue weighted by atomic mass is 16.2. The minimum absolute atomic E-state index is 0.210. The summed E-state index contributed by atoms with van der Waals surface area (Å²) in [5, 5.41) is 3.38. The third-order valence-electron chi connectivity index (χ3n) is 7.41. The lowest BCUT2D eigenvalue weighted by Crippen LogP contribution is -2.51. The van der Waals surface area contributed by atoms with E-state index in [9.17, 15) is 4.79 Å². The molecule has 0 radical (unpaired) electrons. The first-order chi connectivity index (χ1) is 14.3. The molecule has 1 saturated carbocycles. The van der Waals surface area contributed by atoms with Gasteiger partial charge in [-0.3, -0.25) is 9.69 Å². The van der Waals surface area contributed by atoms with Gasteiger partial charge in [-0.15, -0.1) is 0 Å². The molecule has 1 N–H and O–H groups in total. The summed E-state index contributed by atoms with van der Waals surface area (Å²) < 4.78 is 0. The minimum Gasteiger partial charge on any atom is -0.353 e. The summed E-state index contributed by atoms with van der Waals surface area (Å²) in [5.74, 6) is 0.545. The lowest BCUT2D eigenvalue weighted by Gasteiger charge is -2.42. The number of nitrogens with one attached hydrogen (secondary N) is 1. The molecule has 1 aromatic carbocycles. The fraction of sp³-hybridized carbons (Fsp3) is 0.720. The smallest absolute Gasteiger partial charge is 0.224 e. The van der Waals surface area contributed by atoms with Crippen LogP contribution in [0, 0.1) is 5.92 Å². The number of piperidine rings is 2. The van der Waals surface area contributed by atoms with Crippen LogP contribution < -0.4 is 5.32 Å². The summed E-state index contributed by atoms with van der Waals surface area (Å²) in [6.45, 7) is 5.73. The standard InChI is InChI=1S/C25H39N3O/c29-25(26-23-11-5-2-6-12-23)22-10-7-16-28(20-22)24-14-18-27(19-15-24)17-13-21-8-3-1-4-9-21/h1,3-4,8-9,22-24H,2,5-7,10-20H2,(H,26,29)/t22-/m0/s1. The fourth-order valence-electron chi connectivity index (χ4n) is 5.56. The van der Waals surface area contributed by atoms with E-state index in [-0.39, 0.29) is 5.92 Å². The third kappa shape index (κ3) is 6.05. The highest BCUT2D eigenvalue weighted by molar-refractivity contribution is 5.79. The molecule has 0 aromatic heterocycles. The van der Waals surface area contributed by atoms with Crippen molar-refractivity contribution in [2.24, 2.45) is 5.92 Å². The second kappa shape index (κ2) is 10.6. The normalized spacial score (nSPS) is 25.7. The van der Waals surface area contributed by atoms with Crippen LogP contribution in [-0.2, 0) is 11.2 Å². The van der Waals surface area contributed by atoms with Gasteiger partial charge in [-0.25, -0.2) is 0 Å². The van der Waals surface area contributed by atoms with Crippen LogP contribution >= 0.6 is 0 Å². The van der Waals surface area contributed by atoms with Gasteiger partial charge in [-0.2, -0.15) is 0 Å². The molecule has 2 saturated heterocycles. The van der Waals surface area contributed by atoms with Crippen molar-refractivity contribution in [2.75, 3.05) is 32.7 Å². The molecule has 0 spiro atoms. The van der Waals surface area contributed by atoms with Crippen LogP contribution in [0.25, 0.3) is 0 Å². The van der Waals surface area contributed by atoms with Crippen molar-refractivity contribution in [3.63, 3.8) is 0 Å². The number of hydrogen-bond donors (Lipinski definition) is 1. The second-order valence-electron chi connectivity index (χ2n) is 9.49. The maximum absolute atomic E-state index is 12.8. The SMILES string of the molecule is O=C(NC1CCCCC1)[C@H]1CCCN(C2CCN(CCc3ccccc3)CC2)C1. The molecule has 1 aromatic rings. The Morgan fingerprint density at radius 2 is 1.66 bits per heavy atom. The minimum atomic E-state index is 0.210. The summed E-state index contributed by atoms with van der Waals surface area (Å²) in [4.78, 5) is 18.1. The Bertz CT molecular complexity index is 620. The zero-order valence-electron chi connectivity index (χ0n) is 18.0. The average Bonchev–Trinajstić information content (AvgIpc) is 2.79. The maximum atomic E-state index is 12.8. The van der Waals surface area contributed by atoms with Gasteiger partial charge in [0.15, 0.2) is 0 Å². The van der Waals surface area contributed by atoms with Gasteiger partial charge >= 0.3 is 0 Å². The van der Waals surface area contributed by atoms with E-state index < -0.39 is 0 Å². The molecular weight excluding hydrogens is 358 g/mol. The van der Waals surface area contributed by atoms with Crippen LogP contribution in [0.4, 0.5) is 0 Å². The number of amides is 1. The number of hydrogen-bond acceptors (Lipinski definition) is 3. The Morgan fingerprint density at radius 3 is 2.41 bits per heavy atom. The molecule has 160 valence electrons. The van der Waals surface area contributed by atoms with Crippen molar-refractivity contribution >= 4 is 5.91 Å². The summed E-state index contributed by atoms with van der Waals surface area (Å²) in [6.07, 6.45) is 12.2. The highest BCUT2D eigenvalue weighted by Gasteiger charge is 2.32. The van der Waals surface area contributed by atoms with Crippen LogP contribution in [0.3, 0.4) is 0 Å². The van der Waals surface area contributed by atoms with Crippen LogP contribution in [0.15, 0.2) is 30.3 Å². The monoisotopic (exact) mass is 397 g/mol. The zero-order chi connectivity index (χ0) is 19.9. The van der Waals surface area contributed by atoms with Crippen LogP contribution in [-0.4, -0.2) is 60.5 Å². The quantitative estimate of drug-likeness (QED) is 0.792. The Labute approximate surface area is 177 Å². The number of carbonyl (C=O) groups is 1. The van der Waals surface area contributed by atoms with Crippen molar-refractivity contribution in [3.8, 4) is 0 Å². The molecule has 1 atom stereocenters. The van der Waals surface area contributed by atoms with E-state index in [2.05, 4.69) is 45.4 Å². The van der Waals surface area contributed by atoms with Crippen LogP contribution in [0.5, 0.6) is 0 Å².